The molecule has 0 unspecified atom stereocenters. The summed E-state index contributed by atoms with van der Waals surface area (Å²) >= 11 is 5.56. The predicted molar refractivity (Wildman–Crippen MR) is 87.0 cm³/mol. The number of alkyl halides is 3. The zero-order valence-corrected chi connectivity index (χ0v) is 14.3. The molecule has 3 N–H and O–H groups in total. The normalized spacial score (nSPS) is 12.0. The lowest BCUT2D eigenvalue weighted by atomic mass is 10.1. The van der Waals surface area contributed by atoms with Gasteiger partial charge in [0.05, 0.1) is 16.1 Å². The number of aryl methyl sites for hydroxylation is 1. The molecule has 2 aromatic carbocycles. The molecule has 5 nitrogen and oxygen atoms in total. The second kappa shape index (κ2) is 6.57. The van der Waals surface area contributed by atoms with Crippen LogP contribution in [0, 0.1) is 6.92 Å². The van der Waals surface area contributed by atoms with E-state index in [1.165, 1.54) is 6.07 Å². The Labute approximate surface area is 146 Å². The Kier molecular flexibility index (Phi) is 5.01. The van der Waals surface area contributed by atoms with E-state index in [9.17, 15) is 26.4 Å². The second-order valence-corrected chi connectivity index (χ2v) is 7.25. The maximum Gasteiger partial charge on any atom is 0.418 e. The molecule has 2 rings (SSSR count). The standard InChI is InChI=1S/C15H12ClF3N2O3S/c1-8-2-4-10(7-11(8)14(20)22)25(23,24)21-13-5-3-9(16)6-12(13)15(17,18)19/h2-7,21H,1H3,(H2,20,22). The fourth-order valence-electron chi connectivity index (χ4n) is 2.08. The van der Waals surface area contributed by atoms with Crippen LogP contribution in [0.2, 0.25) is 5.02 Å². The average Bonchev–Trinajstić information content (AvgIpc) is 2.47. The van der Waals surface area contributed by atoms with Crippen LogP contribution in [0.4, 0.5) is 18.9 Å². The number of carbonyl (C=O) groups is 1. The van der Waals surface area contributed by atoms with Gasteiger partial charge in [-0.1, -0.05) is 17.7 Å². The summed E-state index contributed by atoms with van der Waals surface area (Å²) in [4.78, 5) is 10.9. The lowest BCUT2D eigenvalue weighted by Gasteiger charge is -2.15. The van der Waals surface area contributed by atoms with Crippen molar-refractivity contribution in [2.75, 3.05) is 4.72 Å². The summed E-state index contributed by atoms with van der Waals surface area (Å²) in [6.45, 7) is 1.55. The predicted octanol–water partition coefficient (Wildman–Crippen LogP) is 3.57. The smallest absolute Gasteiger partial charge is 0.366 e. The van der Waals surface area contributed by atoms with Crippen molar-refractivity contribution in [2.24, 2.45) is 5.73 Å². The van der Waals surface area contributed by atoms with Crippen LogP contribution in [-0.2, 0) is 16.2 Å². The number of halogens is 4. The maximum absolute atomic E-state index is 13.1. The Balaban J connectivity index is 2.51. The molecule has 0 aliphatic heterocycles. The van der Waals surface area contributed by atoms with Crippen molar-refractivity contribution >= 4 is 33.2 Å². The van der Waals surface area contributed by atoms with Crippen molar-refractivity contribution in [1.82, 2.24) is 0 Å². The van der Waals surface area contributed by atoms with E-state index < -0.39 is 38.3 Å². The number of benzene rings is 2. The van der Waals surface area contributed by atoms with Crippen LogP contribution in [0.3, 0.4) is 0 Å². The van der Waals surface area contributed by atoms with Crippen molar-refractivity contribution in [3.8, 4) is 0 Å². The van der Waals surface area contributed by atoms with Gasteiger partial charge in [-0.3, -0.25) is 9.52 Å². The third kappa shape index (κ3) is 4.23. The molecule has 0 radical (unpaired) electrons. The lowest BCUT2D eigenvalue weighted by Crippen LogP contribution is -2.19. The van der Waals surface area contributed by atoms with Crippen LogP contribution in [-0.4, -0.2) is 14.3 Å². The Hall–Kier alpha value is -2.26. The van der Waals surface area contributed by atoms with Crippen LogP contribution < -0.4 is 10.5 Å². The molecule has 1 amide bonds. The van der Waals surface area contributed by atoms with E-state index in [1.807, 2.05) is 4.72 Å². The molecule has 0 aliphatic carbocycles. The summed E-state index contributed by atoms with van der Waals surface area (Å²) in [7, 11) is -4.38. The van der Waals surface area contributed by atoms with Gasteiger partial charge < -0.3 is 5.73 Å². The van der Waals surface area contributed by atoms with Gasteiger partial charge in [0.25, 0.3) is 10.0 Å². The number of primary amides is 1. The number of hydrogen-bond acceptors (Lipinski definition) is 3. The summed E-state index contributed by atoms with van der Waals surface area (Å²) in [5.41, 5.74) is 3.64. The fourth-order valence-corrected chi connectivity index (χ4v) is 3.36. The molecule has 0 heterocycles. The summed E-state index contributed by atoms with van der Waals surface area (Å²) in [6.07, 6.45) is -4.81. The summed E-state index contributed by atoms with van der Waals surface area (Å²) < 4.78 is 65.9. The van der Waals surface area contributed by atoms with Crippen molar-refractivity contribution in [1.29, 1.82) is 0 Å². The van der Waals surface area contributed by atoms with E-state index in [0.29, 0.717) is 11.6 Å². The van der Waals surface area contributed by atoms with Crippen molar-refractivity contribution < 1.29 is 26.4 Å². The van der Waals surface area contributed by atoms with E-state index in [2.05, 4.69) is 0 Å². The van der Waals surface area contributed by atoms with Gasteiger partial charge in [0, 0.05) is 10.6 Å². The number of anilines is 1. The van der Waals surface area contributed by atoms with E-state index in [4.69, 9.17) is 17.3 Å². The van der Waals surface area contributed by atoms with Crippen LogP contribution in [0.5, 0.6) is 0 Å². The minimum atomic E-state index is -4.81. The highest BCUT2D eigenvalue weighted by atomic mass is 35.5. The first-order valence-electron chi connectivity index (χ1n) is 6.72. The number of nitrogens with two attached hydrogens (primary N) is 1. The highest BCUT2D eigenvalue weighted by Crippen LogP contribution is 2.37. The molecule has 0 spiro atoms. The molecule has 0 aliphatic rings. The molecule has 25 heavy (non-hydrogen) atoms. The highest BCUT2D eigenvalue weighted by Gasteiger charge is 2.35. The molecular formula is C15H12ClF3N2O3S. The summed E-state index contributed by atoms with van der Waals surface area (Å²) in [5, 5.41) is -0.193. The van der Waals surface area contributed by atoms with Gasteiger partial charge in [-0.25, -0.2) is 8.42 Å². The minimum absolute atomic E-state index is 0.0463. The zero-order chi connectivity index (χ0) is 19.0. The van der Waals surface area contributed by atoms with E-state index >= 15 is 0 Å². The van der Waals surface area contributed by atoms with Crippen molar-refractivity contribution in [2.45, 2.75) is 18.0 Å². The number of rotatable bonds is 4. The third-order valence-corrected chi connectivity index (χ3v) is 4.91. The molecule has 2 aromatic rings. The first-order chi connectivity index (χ1) is 11.4. The van der Waals surface area contributed by atoms with Gasteiger partial charge in [-0.05, 0) is 42.8 Å². The van der Waals surface area contributed by atoms with Crippen LogP contribution >= 0.6 is 11.6 Å². The molecule has 0 bridgehead atoms. The van der Waals surface area contributed by atoms with Crippen LogP contribution in [0.15, 0.2) is 41.3 Å². The van der Waals surface area contributed by atoms with Crippen LogP contribution in [0.1, 0.15) is 21.5 Å². The lowest BCUT2D eigenvalue weighted by molar-refractivity contribution is -0.136. The fraction of sp³-hybridized carbons (Fsp3) is 0.133. The highest BCUT2D eigenvalue weighted by molar-refractivity contribution is 7.92. The first-order valence-corrected chi connectivity index (χ1v) is 8.58. The summed E-state index contributed by atoms with van der Waals surface area (Å²) in [6, 6.07) is 6.14. The SMILES string of the molecule is Cc1ccc(S(=O)(=O)Nc2ccc(Cl)cc2C(F)(F)F)cc1C(N)=O. The monoisotopic (exact) mass is 392 g/mol. The van der Waals surface area contributed by atoms with Gasteiger partial charge in [0.2, 0.25) is 5.91 Å². The molecule has 0 saturated heterocycles. The molecule has 0 aromatic heterocycles. The number of nitrogens with one attached hydrogen (secondary N) is 1. The molecular weight excluding hydrogens is 381 g/mol. The Morgan fingerprint density at radius 2 is 1.80 bits per heavy atom. The third-order valence-electron chi connectivity index (χ3n) is 3.32. The largest absolute Gasteiger partial charge is 0.418 e. The van der Waals surface area contributed by atoms with Gasteiger partial charge in [0.15, 0.2) is 0 Å². The minimum Gasteiger partial charge on any atom is -0.366 e. The Morgan fingerprint density at radius 1 is 1.16 bits per heavy atom. The van der Waals surface area contributed by atoms with E-state index in [-0.39, 0.29) is 10.6 Å². The molecule has 0 atom stereocenters. The Morgan fingerprint density at radius 3 is 2.36 bits per heavy atom. The van der Waals surface area contributed by atoms with E-state index in [1.54, 1.807) is 6.92 Å². The van der Waals surface area contributed by atoms with Gasteiger partial charge in [-0.15, -0.1) is 0 Å². The molecule has 0 fully saturated rings. The van der Waals surface area contributed by atoms with Crippen LogP contribution in [0.25, 0.3) is 0 Å². The quantitative estimate of drug-likeness (QED) is 0.833. The second-order valence-electron chi connectivity index (χ2n) is 5.13. The topological polar surface area (TPSA) is 89.3 Å². The average molecular weight is 393 g/mol. The van der Waals surface area contributed by atoms with Gasteiger partial charge >= 0.3 is 6.18 Å². The summed E-state index contributed by atoms with van der Waals surface area (Å²) in [5.74, 6) is -0.850. The number of hydrogen-bond donors (Lipinski definition) is 2. The zero-order valence-electron chi connectivity index (χ0n) is 12.7. The number of sulfonamides is 1. The Bertz CT molecular complexity index is 944. The van der Waals surface area contributed by atoms with Crippen molar-refractivity contribution in [3.63, 3.8) is 0 Å². The van der Waals surface area contributed by atoms with Gasteiger partial charge in [-0.2, -0.15) is 13.2 Å². The number of amides is 1. The first kappa shape index (κ1) is 19.1. The number of carbonyl (C=O) groups excluding carboxylic acids is 1. The van der Waals surface area contributed by atoms with E-state index in [0.717, 1.165) is 24.3 Å². The molecule has 0 saturated carbocycles. The van der Waals surface area contributed by atoms with Crippen molar-refractivity contribution in [3.05, 3.63) is 58.1 Å². The molecule has 10 heteroatoms. The van der Waals surface area contributed by atoms with Gasteiger partial charge in [0.1, 0.15) is 0 Å². The molecule has 134 valence electrons. The maximum atomic E-state index is 13.1.